The van der Waals surface area contributed by atoms with Crippen molar-refractivity contribution in [2.45, 2.75) is 0 Å². The van der Waals surface area contributed by atoms with Crippen molar-refractivity contribution in [1.29, 1.82) is 10.8 Å². The monoisotopic (exact) mass is 679 g/mol. The molecule has 2 aromatic heterocycles. The summed E-state index contributed by atoms with van der Waals surface area (Å²) in [5.74, 6) is 1.69. The Morgan fingerprint density at radius 2 is 1.06 bits per heavy atom. The third kappa shape index (κ3) is 5.24. The molecule has 2 heterocycles. The number of benzene rings is 7. The van der Waals surface area contributed by atoms with Gasteiger partial charge in [-0.2, -0.15) is 0 Å². The third-order valence-electron chi connectivity index (χ3n) is 9.99. The van der Waals surface area contributed by atoms with Crippen molar-refractivity contribution in [3.05, 3.63) is 169 Å². The number of hydrogen-bond acceptors (Lipinski definition) is 6. The van der Waals surface area contributed by atoms with Gasteiger partial charge in [-0.1, -0.05) is 133 Å². The topological polar surface area (TPSA) is 99.5 Å². The van der Waals surface area contributed by atoms with E-state index in [1.807, 2.05) is 78.9 Å². The molecule has 0 spiro atoms. The van der Waals surface area contributed by atoms with E-state index >= 15 is 0 Å². The maximum atomic E-state index is 8.70. The molecule has 53 heavy (non-hydrogen) atoms. The van der Waals surface area contributed by atoms with E-state index < -0.39 is 0 Å². The van der Waals surface area contributed by atoms with E-state index in [0.29, 0.717) is 17.5 Å². The zero-order valence-electron chi connectivity index (χ0n) is 28.3. The van der Waals surface area contributed by atoms with Gasteiger partial charge in [0, 0.05) is 33.0 Å². The third-order valence-corrected chi connectivity index (χ3v) is 9.99. The van der Waals surface area contributed by atoms with Gasteiger partial charge in [0.2, 0.25) is 0 Å². The Morgan fingerprint density at radius 1 is 0.434 bits per heavy atom. The predicted octanol–water partition coefficient (Wildman–Crippen LogP) is 11.7. The molecule has 9 aromatic rings. The zero-order valence-corrected chi connectivity index (χ0v) is 28.3. The van der Waals surface area contributed by atoms with Gasteiger partial charge in [0.25, 0.3) is 0 Å². The van der Waals surface area contributed by atoms with Gasteiger partial charge in [0.05, 0.1) is 11.4 Å². The Morgan fingerprint density at radius 3 is 1.92 bits per heavy atom. The van der Waals surface area contributed by atoms with E-state index in [9.17, 15) is 0 Å². The van der Waals surface area contributed by atoms with E-state index in [0.717, 1.165) is 82.8 Å². The first-order valence-electron chi connectivity index (χ1n) is 17.4. The van der Waals surface area contributed by atoms with Gasteiger partial charge in [-0.15, -0.1) is 0 Å². The number of furan rings is 1. The van der Waals surface area contributed by atoms with Crippen molar-refractivity contribution in [1.82, 2.24) is 15.0 Å². The van der Waals surface area contributed by atoms with E-state index in [1.165, 1.54) is 0 Å². The summed E-state index contributed by atoms with van der Waals surface area (Å²) >= 11 is 0. The van der Waals surface area contributed by atoms with Crippen LogP contribution < -0.4 is 0 Å². The van der Waals surface area contributed by atoms with Crippen LogP contribution in [0.1, 0.15) is 11.1 Å². The lowest BCUT2D eigenvalue weighted by atomic mass is 9.88. The molecule has 6 heteroatoms. The van der Waals surface area contributed by atoms with Gasteiger partial charge in [-0.25, -0.2) is 15.0 Å². The van der Waals surface area contributed by atoms with Crippen LogP contribution >= 0.6 is 0 Å². The molecule has 7 aromatic carbocycles. The predicted molar refractivity (Wildman–Crippen MR) is 215 cm³/mol. The van der Waals surface area contributed by atoms with Gasteiger partial charge in [0.1, 0.15) is 11.2 Å². The number of hydrogen-bond donors (Lipinski definition) is 2. The quantitative estimate of drug-likeness (QED) is 0.189. The molecule has 248 valence electrons. The molecule has 0 saturated heterocycles. The minimum atomic E-state index is 0.215. The highest BCUT2D eigenvalue weighted by atomic mass is 16.3. The smallest absolute Gasteiger partial charge is 0.164 e. The number of rotatable bonds is 5. The molecule has 2 N–H and O–H groups in total. The maximum Gasteiger partial charge on any atom is 0.164 e. The first kappa shape index (κ1) is 30.5. The summed E-state index contributed by atoms with van der Waals surface area (Å²) in [4.78, 5) is 15.3. The molecule has 0 fully saturated rings. The molecule has 6 nitrogen and oxygen atoms in total. The number of nitrogens with zero attached hydrogens (tertiary/aromatic N) is 3. The van der Waals surface area contributed by atoms with Crippen molar-refractivity contribution >= 4 is 50.2 Å². The lowest BCUT2D eigenvalue weighted by Gasteiger charge is -2.16. The molecule has 1 aliphatic carbocycles. The normalized spacial score (nSPS) is 12.5. The highest BCUT2D eigenvalue weighted by Gasteiger charge is 2.20. The van der Waals surface area contributed by atoms with E-state index in [4.69, 9.17) is 30.2 Å². The van der Waals surface area contributed by atoms with Crippen LogP contribution in [0, 0.1) is 10.8 Å². The molecular formula is C47H29N5O. The maximum absolute atomic E-state index is 8.70. The zero-order chi connectivity index (χ0) is 35.5. The first-order chi connectivity index (χ1) is 26.1. The van der Waals surface area contributed by atoms with Gasteiger partial charge in [0.15, 0.2) is 17.5 Å². The summed E-state index contributed by atoms with van der Waals surface area (Å²) in [5.41, 5.74) is 10.7. The number of allylic oxidation sites excluding steroid dienone is 1. The largest absolute Gasteiger partial charge is 0.456 e. The molecule has 0 radical (unpaired) electrons. The number of para-hydroxylation sites is 1. The summed E-state index contributed by atoms with van der Waals surface area (Å²) in [5, 5.41) is 20.9. The van der Waals surface area contributed by atoms with Crippen LogP contribution in [0.25, 0.3) is 95.2 Å². The second-order valence-corrected chi connectivity index (χ2v) is 13.2. The van der Waals surface area contributed by atoms with Crippen molar-refractivity contribution in [2.24, 2.45) is 0 Å². The second kappa shape index (κ2) is 12.2. The summed E-state index contributed by atoms with van der Waals surface area (Å²) in [7, 11) is 0. The minimum absolute atomic E-state index is 0.215. The average Bonchev–Trinajstić information content (AvgIpc) is 3.61. The molecule has 0 aliphatic heterocycles. The van der Waals surface area contributed by atoms with Crippen LogP contribution in [0.5, 0.6) is 0 Å². The first-order valence-corrected chi connectivity index (χ1v) is 17.4. The highest BCUT2D eigenvalue weighted by molar-refractivity contribution is 6.53. The average molecular weight is 680 g/mol. The number of aromatic nitrogens is 3. The SMILES string of the molecule is N=C1C=Cc2ccc3ccc(-c4cccc(-c5nc(-c6ccc(-c7ccccc7)cc6)nc(-c6cccc7oc8ccccc8c67)n5)c4)cc3c2C1=N. The van der Waals surface area contributed by atoms with Crippen molar-refractivity contribution in [2.75, 3.05) is 0 Å². The Bertz CT molecular complexity index is 2980. The van der Waals surface area contributed by atoms with E-state index in [-0.39, 0.29) is 11.4 Å². The van der Waals surface area contributed by atoms with E-state index in [2.05, 4.69) is 78.9 Å². The molecule has 0 unspecified atom stereocenters. The molecular weight excluding hydrogens is 651 g/mol. The Balaban J connectivity index is 1.13. The highest BCUT2D eigenvalue weighted by Crippen LogP contribution is 2.37. The van der Waals surface area contributed by atoms with Crippen molar-refractivity contribution in [3.8, 4) is 56.4 Å². The summed E-state index contributed by atoms with van der Waals surface area (Å²) in [6.07, 6.45) is 3.61. The van der Waals surface area contributed by atoms with Gasteiger partial charge < -0.3 is 4.42 Å². The van der Waals surface area contributed by atoms with Crippen LogP contribution in [-0.4, -0.2) is 26.4 Å². The van der Waals surface area contributed by atoms with Gasteiger partial charge >= 0.3 is 0 Å². The lowest BCUT2D eigenvalue weighted by molar-refractivity contribution is 0.669. The fourth-order valence-electron chi connectivity index (χ4n) is 7.32. The van der Waals surface area contributed by atoms with Crippen molar-refractivity contribution < 1.29 is 4.42 Å². The summed E-state index contributed by atoms with van der Waals surface area (Å²) in [6, 6.07) is 51.4. The Labute approximate surface area is 304 Å². The standard InChI is InChI=1S/C47H29N5O/c48-39-25-24-31-20-18-30-19-23-34(27-38(30)42(31)44(39)49)33-10-6-11-35(26-33)46-50-45(32-21-16-29(17-22-32)28-8-2-1-3-9-28)51-47(52-46)37-13-7-15-41-43(37)36-12-4-5-14-40(36)53-41/h1-27,48-49H. The second-order valence-electron chi connectivity index (χ2n) is 13.2. The molecule has 0 bridgehead atoms. The van der Waals surface area contributed by atoms with E-state index in [1.54, 1.807) is 6.08 Å². The molecule has 10 rings (SSSR count). The molecule has 0 amide bonds. The lowest BCUT2D eigenvalue weighted by Crippen LogP contribution is -2.16. The van der Waals surface area contributed by atoms with Crippen LogP contribution in [0.4, 0.5) is 0 Å². The molecule has 0 atom stereocenters. The summed E-state index contributed by atoms with van der Waals surface area (Å²) < 4.78 is 6.24. The number of nitrogens with one attached hydrogen (secondary N) is 2. The van der Waals surface area contributed by atoms with Crippen LogP contribution in [0.2, 0.25) is 0 Å². The minimum Gasteiger partial charge on any atom is -0.456 e. The fourth-order valence-corrected chi connectivity index (χ4v) is 7.32. The fraction of sp³-hybridized carbons (Fsp3) is 0. The number of fused-ring (bicyclic) bond motifs is 6. The Hall–Kier alpha value is -7.31. The van der Waals surface area contributed by atoms with Gasteiger partial charge in [-0.05, 0) is 68.9 Å². The van der Waals surface area contributed by atoms with Crippen LogP contribution in [0.15, 0.2) is 162 Å². The molecule has 0 saturated carbocycles. The van der Waals surface area contributed by atoms with Crippen LogP contribution in [0.3, 0.4) is 0 Å². The molecule has 1 aliphatic rings. The van der Waals surface area contributed by atoms with Gasteiger partial charge in [-0.3, -0.25) is 10.8 Å². The van der Waals surface area contributed by atoms with Crippen LogP contribution in [-0.2, 0) is 0 Å². The van der Waals surface area contributed by atoms with Crippen molar-refractivity contribution in [3.63, 3.8) is 0 Å². The summed E-state index contributed by atoms with van der Waals surface area (Å²) in [6.45, 7) is 0. The Kier molecular flexibility index (Phi) is 7.01.